The number of hydrogen-bond donors (Lipinski definition) is 0. The van der Waals surface area contributed by atoms with Crippen LogP contribution in [0.15, 0.2) is 42.7 Å². The summed E-state index contributed by atoms with van der Waals surface area (Å²) in [6.45, 7) is 6.74. The van der Waals surface area contributed by atoms with E-state index in [0.29, 0.717) is 12.3 Å². The molecule has 1 unspecified atom stereocenters. The molecule has 28 heavy (non-hydrogen) atoms. The minimum absolute atomic E-state index is 0.130. The summed E-state index contributed by atoms with van der Waals surface area (Å²) >= 11 is 0. The number of nitrogens with zero attached hydrogens (tertiary/aromatic N) is 3. The Balaban J connectivity index is 1.63. The highest BCUT2D eigenvalue weighted by molar-refractivity contribution is 6.21. The quantitative estimate of drug-likeness (QED) is 0.632. The summed E-state index contributed by atoms with van der Waals surface area (Å²) in [5, 5.41) is 0. The van der Waals surface area contributed by atoms with Crippen molar-refractivity contribution in [2.45, 2.75) is 39.7 Å². The highest BCUT2D eigenvalue weighted by Crippen LogP contribution is 2.33. The van der Waals surface area contributed by atoms with E-state index in [9.17, 15) is 9.59 Å². The molecule has 1 aliphatic heterocycles. The second-order valence-corrected chi connectivity index (χ2v) is 7.21. The third-order valence-electron chi connectivity index (χ3n) is 5.22. The van der Waals surface area contributed by atoms with Gasteiger partial charge in [0.2, 0.25) is 5.91 Å². The number of carbonyl (C=O) groups excluding carboxylic acids is 2. The molecule has 144 valence electrons. The summed E-state index contributed by atoms with van der Waals surface area (Å²) < 4.78 is 7.39. The van der Waals surface area contributed by atoms with E-state index in [1.54, 1.807) is 30.6 Å². The van der Waals surface area contributed by atoms with E-state index in [-0.39, 0.29) is 18.2 Å². The number of fused-ring (bicyclic) bond motifs is 1. The summed E-state index contributed by atoms with van der Waals surface area (Å²) in [6, 6.07) is 10.5. The summed E-state index contributed by atoms with van der Waals surface area (Å²) in [6.07, 6.45) is 2.71. The number of aryl methyl sites for hydroxylation is 2. The van der Waals surface area contributed by atoms with Gasteiger partial charge in [-0.25, -0.2) is 9.88 Å². The number of carbonyl (C=O) groups is 2. The van der Waals surface area contributed by atoms with Crippen LogP contribution in [0, 0.1) is 13.8 Å². The van der Waals surface area contributed by atoms with Crippen LogP contribution in [0.4, 0.5) is 5.69 Å². The van der Waals surface area contributed by atoms with Crippen LogP contribution >= 0.6 is 0 Å². The van der Waals surface area contributed by atoms with E-state index in [2.05, 4.69) is 4.98 Å². The Morgan fingerprint density at radius 2 is 1.82 bits per heavy atom. The number of imidazole rings is 1. The second kappa shape index (κ2) is 7.11. The molecule has 0 N–H and O–H groups in total. The van der Waals surface area contributed by atoms with E-state index >= 15 is 0 Å². The Labute approximate surface area is 163 Å². The van der Waals surface area contributed by atoms with Gasteiger partial charge in [0.1, 0.15) is 11.8 Å². The number of ether oxygens (including phenoxy) is 1. The van der Waals surface area contributed by atoms with Gasteiger partial charge in [-0.3, -0.25) is 9.59 Å². The van der Waals surface area contributed by atoms with E-state index < -0.39 is 6.04 Å². The smallest absolute Gasteiger partial charge is 0.257 e. The number of imide groups is 1. The van der Waals surface area contributed by atoms with Crippen molar-refractivity contribution < 1.29 is 14.3 Å². The van der Waals surface area contributed by atoms with Crippen LogP contribution in [0.25, 0.3) is 11.0 Å². The van der Waals surface area contributed by atoms with Crippen LogP contribution in [-0.4, -0.2) is 28.0 Å². The first-order valence-corrected chi connectivity index (χ1v) is 9.53. The van der Waals surface area contributed by atoms with Gasteiger partial charge in [-0.1, -0.05) is 6.92 Å². The van der Waals surface area contributed by atoms with Crippen molar-refractivity contribution in [3.05, 3.63) is 53.9 Å². The Morgan fingerprint density at radius 3 is 2.54 bits per heavy atom. The van der Waals surface area contributed by atoms with E-state index in [4.69, 9.17) is 4.74 Å². The molecule has 6 nitrogen and oxygen atoms in total. The fraction of sp³-hybridized carbons (Fsp3) is 0.318. The van der Waals surface area contributed by atoms with Crippen molar-refractivity contribution in [3.63, 3.8) is 0 Å². The molecule has 6 heteroatoms. The fourth-order valence-electron chi connectivity index (χ4n) is 3.55. The van der Waals surface area contributed by atoms with Gasteiger partial charge in [-0.15, -0.1) is 0 Å². The van der Waals surface area contributed by atoms with Crippen molar-refractivity contribution in [1.82, 2.24) is 9.55 Å². The lowest BCUT2D eigenvalue weighted by Crippen LogP contribution is -2.31. The minimum Gasteiger partial charge on any atom is -0.494 e. The van der Waals surface area contributed by atoms with Crippen LogP contribution in [-0.2, 0) is 9.59 Å². The van der Waals surface area contributed by atoms with Crippen LogP contribution in [0.1, 0.15) is 36.9 Å². The van der Waals surface area contributed by atoms with Gasteiger partial charge in [-0.05, 0) is 67.8 Å². The maximum atomic E-state index is 13.1. The Hall–Kier alpha value is -3.15. The predicted molar refractivity (Wildman–Crippen MR) is 108 cm³/mol. The topological polar surface area (TPSA) is 64.4 Å². The van der Waals surface area contributed by atoms with Crippen LogP contribution in [0.3, 0.4) is 0 Å². The molecule has 2 aromatic carbocycles. The van der Waals surface area contributed by atoms with Gasteiger partial charge >= 0.3 is 0 Å². The van der Waals surface area contributed by atoms with Gasteiger partial charge in [-0.2, -0.15) is 0 Å². The third kappa shape index (κ3) is 3.05. The zero-order chi connectivity index (χ0) is 19.8. The van der Waals surface area contributed by atoms with Gasteiger partial charge in [0.15, 0.2) is 0 Å². The summed E-state index contributed by atoms with van der Waals surface area (Å²) in [7, 11) is 0. The number of amides is 2. The molecular formula is C22H23N3O3. The number of benzene rings is 2. The fourth-order valence-corrected chi connectivity index (χ4v) is 3.55. The van der Waals surface area contributed by atoms with Crippen molar-refractivity contribution in [2.24, 2.45) is 0 Å². The average Bonchev–Trinajstić information content (AvgIpc) is 3.21. The molecule has 2 heterocycles. The normalized spacial score (nSPS) is 17.0. The van der Waals surface area contributed by atoms with Crippen LogP contribution < -0.4 is 9.64 Å². The molecule has 1 atom stereocenters. The van der Waals surface area contributed by atoms with E-state index in [1.807, 2.05) is 37.5 Å². The third-order valence-corrected chi connectivity index (χ3v) is 5.22. The molecule has 3 aromatic rings. The lowest BCUT2D eigenvalue weighted by molar-refractivity contribution is -0.122. The van der Waals surface area contributed by atoms with Crippen molar-refractivity contribution in [2.75, 3.05) is 11.5 Å². The van der Waals surface area contributed by atoms with Crippen molar-refractivity contribution in [3.8, 4) is 5.75 Å². The molecule has 0 radical (unpaired) electrons. The lowest BCUT2D eigenvalue weighted by Gasteiger charge is -2.16. The van der Waals surface area contributed by atoms with Crippen LogP contribution in [0.2, 0.25) is 0 Å². The zero-order valence-electron chi connectivity index (χ0n) is 16.3. The molecule has 0 aliphatic carbocycles. The monoisotopic (exact) mass is 377 g/mol. The number of rotatable bonds is 5. The summed E-state index contributed by atoms with van der Waals surface area (Å²) in [5.74, 6) is 0.292. The van der Waals surface area contributed by atoms with Gasteiger partial charge in [0.25, 0.3) is 5.91 Å². The molecule has 1 saturated heterocycles. The Morgan fingerprint density at radius 1 is 1.11 bits per heavy atom. The van der Waals surface area contributed by atoms with Gasteiger partial charge in [0.05, 0.1) is 36.1 Å². The maximum Gasteiger partial charge on any atom is 0.257 e. The standard InChI is InChI=1S/C22H23N3O3/c1-4-9-28-17-7-5-16(6-8-17)25-21(26)12-20(22(25)27)24-13-23-18-10-14(2)15(3)11-19(18)24/h5-8,10-11,13,20H,4,9,12H2,1-3H3. The maximum absolute atomic E-state index is 13.1. The summed E-state index contributed by atoms with van der Waals surface area (Å²) in [4.78, 5) is 31.4. The molecule has 2 amide bonds. The number of aromatic nitrogens is 2. The van der Waals surface area contributed by atoms with E-state index in [1.165, 1.54) is 4.90 Å². The molecule has 1 aromatic heterocycles. The number of anilines is 1. The molecule has 1 aliphatic rings. The van der Waals surface area contributed by atoms with E-state index in [0.717, 1.165) is 34.3 Å². The van der Waals surface area contributed by atoms with Crippen molar-refractivity contribution in [1.29, 1.82) is 0 Å². The predicted octanol–water partition coefficient (Wildman–Crippen LogP) is 3.95. The first-order valence-electron chi connectivity index (χ1n) is 9.53. The summed E-state index contributed by atoms with van der Waals surface area (Å²) in [5.41, 5.74) is 4.56. The highest BCUT2D eigenvalue weighted by Gasteiger charge is 2.41. The van der Waals surface area contributed by atoms with Gasteiger partial charge in [0, 0.05) is 0 Å². The highest BCUT2D eigenvalue weighted by atomic mass is 16.5. The molecular weight excluding hydrogens is 354 g/mol. The molecule has 0 saturated carbocycles. The van der Waals surface area contributed by atoms with Crippen molar-refractivity contribution >= 4 is 28.5 Å². The molecule has 4 rings (SSSR count). The Bertz CT molecular complexity index is 1050. The first kappa shape index (κ1) is 18.2. The molecule has 1 fully saturated rings. The SMILES string of the molecule is CCCOc1ccc(N2C(=O)CC(n3cnc4cc(C)c(C)cc43)C2=O)cc1. The number of hydrogen-bond acceptors (Lipinski definition) is 4. The van der Waals surface area contributed by atoms with Crippen LogP contribution in [0.5, 0.6) is 5.75 Å². The first-order chi connectivity index (χ1) is 13.5. The zero-order valence-corrected chi connectivity index (χ0v) is 16.3. The largest absolute Gasteiger partial charge is 0.494 e. The molecule has 0 spiro atoms. The Kier molecular flexibility index (Phi) is 4.63. The lowest BCUT2D eigenvalue weighted by atomic mass is 10.1. The molecule has 0 bridgehead atoms. The second-order valence-electron chi connectivity index (χ2n) is 7.21. The minimum atomic E-state index is -0.573. The van der Waals surface area contributed by atoms with Gasteiger partial charge < -0.3 is 9.30 Å². The average molecular weight is 377 g/mol.